The minimum atomic E-state index is 0.199. The van der Waals surface area contributed by atoms with E-state index in [-0.39, 0.29) is 11.8 Å². The van der Waals surface area contributed by atoms with Gasteiger partial charge in [0.15, 0.2) is 0 Å². The SMILES string of the molecule is Cc1ccccc1[C@@H]1CCN(CCNC(=O)C2CCN(C3CCOCC3)CC2)C1. The molecule has 160 valence electrons. The first-order valence-electron chi connectivity index (χ1n) is 11.6. The van der Waals surface area contributed by atoms with Gasteiger partial charge in [-0.3, -0.25) is 4.79 Å². The van der Waals surface area contributed by atoms with Gasteiger partial charge in [0.05, 0.1) is 0 Å². The van der Waals surface area contributed by atoms with E-state index >= 15 is 0 Å². The van der Waals surface area contributed by atoms with E-state index in [2.05, 4.69) is 46.3 Å². The molecule has 0 bridgehead atoms. The van der Waals surface area contributed by atoms with Crippen molar-refractivity contribution in [3.05, 3.63) is 35.4 Å². The van der Waals surface area contributed by atoms with Crippen LogP contribution in [-0.2, 0) is 9.53 Å². The molecule has 1 aromatic rings. The number of ether oxygens (including phenoxy) is 1. The lowest BCUT2D eigenvalue weighted by Crippen LogP contribution is -2.47. The van der Waals surface area contributed by atoms with Gasteiger partial charge in [-0.1, -0.05) is 24.3 Å². The Bertz CT molecular complexity index is 666. The van der Waals surface area contributed by atoms with Crippen molar-refractivity contribution in [2.24, 2.45) is 5.92 Å². The highest BCUT2D eigenvalue weighted by atomic mass is 16.5. The summed E-state index contributed by atoms with van der Waals surface area (Å²) >= 11 is 0. The standard InChI is InChI=1S/C24H37N3O2/c1-19-4-2-3-5-23(19)21-6-12-26(18-21)15-11-25-24(28)20-7-13-27(14-8-20)22-9-16-29-17-10-22/h2-5,20-22H,6-18H2,1H3,(H,25,28)/t21-/m1/s1. The summed E-state index contributed by atoms with van der Waals surface area (Å²) in [5.74, 6) is 1.11. The Morgan fingerprint density at radius 3 is 2.59 bits per heavy atom. The van der Waals surface area contributed by atoms with Crippen LogP contribution in [0.4, 0.5) is 0 Å². The molecule has 1 N–H and O–H groups in total. The molecule has 5 heteroatoms. The number of nitrogens with one attached hydrogen (secondary N) is 1. The summed E-state index contributed by atoms with van der Waals surface area (Å²) in [5.41, 5.74) is 2.90. The zero-order chi connectivity index (χ0) is 20.1. The summed E-state index contributed by atoms with van der Waals surface area (Å²) in [6.07, 6.45) is 5.53. The van der Waals surface area contributed by atoms with Crippen molar-refractivity contribution in [1.82, 2.24) is 15.1 Å². The monoisotopic (exact) mass is 399 g/mol. The molecule has 1 atom stereocenters. The predicted molar refractivity (Wildman–Crippen MR) is 116 cm³/mol. The van der Waals surface area contributed by atoms with Gasteiger partial charge in [-0.25, -0.2) is 0 Å². The lowest BCUT2D eigenvalue weighted by Gasteiger charge is -2.38. The Hall–Kier alpha value is -1.43. The first-order chi connectivity index (χ1) is 14.2. The number of benzene rings is 1. The molecule has 3 aliphatic heterocycles. The quantitative estimate of drug-likeness (QED) is 0.799. The van der Waals surface area contributed by atoms with Gasteiger partial charge in [0.2, 0.25) is 5.91 Å². The fraction of sp³-hybridized carbons (Fsp3) is 0.708. The van der Waals surface area contributed by atoms with E-state index in [0.29, 0.717) is 12.0 Å². The van der Waals surface area contributed by atoms with E-state index in [0.717, 1.165) is 78.2 Å². The summed E-state index contributed by atoms with van der Waals surface area (Å²) in [7, 11) is 0. The number of aryl methyl sites for hydroxylation is 1. The lowest BCUT2D eigenvalue weighted by molar-refractivity contribution is -0.126. The van der Waals surface area contributed by atoms with Crippen LogP contribution in [-0.4, -0.2) is 74.2 Å². The number of piperidine rings is 1. The molecular formula is C24H37N3O2. The van der Waals surface area contributed by atoms with E-state index in [1.807, 2.05) is 0 Å². The Balaban J connectivity index is 1.14. The largest absolute Gasteiger partial charge is 0.381 e. The van der Waals surface area contributed by atoms with Crippen molar-refractivity contribution in [2.45, 2.75) is 51.0 Å². The molecule has 0 saturated carbocycles. The summed E-state index contributed by atoms with van der Waals surface area (Å²) in [4.78, 5) is 17.7. The van der Waals surface area contributed by atoms with E-state index in [4.69, 9.17) is 4.74 Å². The first-order valence-corrected chi connectivity index (χ1v) is 11.6. The average Bonchev–Trinajstić information content (AvgIpc) is 3.23. The Morgan fingerprint density at radius 2 is 1.83 bits per heavy atom. The second-order valence-corrected chi connectivity index (χ2v) is 9.09. The van der Waals surface area contributed by atoms with Crippen LogP contribution in [0, 0.1) is 12.8 Å². The highest BCUT2D eigenvalue weighted by Gasteiger charge is 2.30. The zero-order valence-corrected chi connectivity index (χ0v) is 17.9. The van der Waals surface area contributed by atoms with E-state index < -0.39 is 0 Å². The van der Waals surface area contributed by atoms with Gasteiger partial charge in [-0.05, 0) is 75.7 Å². The van der Waals surface area contributed by atoms with Gasteiger partial charge in [0, 0.05) is 44.8 Å². The second-order valence-electron chi connectivity index (χ2n) is 9.09. The average molecular weight is 400 g/mol. The number of carbonyl (C=O) groups excluding carboxylic acids is 1. The summed E-state index contributed by atoms with van der Waals surface area (Å²) in [5, 5.41) is 3.22. The van der Waals surface area contributed by atoms with Crippen LogP contribution in [0.1, 0.15) is 49.1 Å². The number of likely N-dealkylation sites (tertiary alicyclic amines) is 2. The predicted octanol–water partition coefficient (Wildman–Crippen LogP) is 2.79. The van der Waals surface area contributed by atoms with Gasteiger partial charge >= 0.3 is 0 Å². The van der Waals surface area contributed by atoms with Crippen LogP contribution >= 0.6 is 0 Å². The van der Waals surface area contributed by atoms with Crippen molar-refractivity contribution in [3.63, 3.8) is 0 Å². The molecule has 3 heterocycles. The van der Waals surface area contributed by atoms with Crippen LogP contribution < -0.4 is 5.32 Å². The Kier molecular flexibility index (Phi) is 7.22. The summed E-state index contributed by atoms with van der Waals surface area (Å²) in [6, 6.07) is 9.43. The molecule has 29 heavy (non-hydrogen) atoms. The molecule has 0 aliphatic carbocycles. The smallest absolute Gasteiger partial charge is 0.223 e. The number of rotatable bonds is 6. The molecule has 1 amide bonds. The molecule has 1 aromatic carbocycles. The Labute approximate surface area is 175 Å². The maximum atomic E-state index is 12.6. The van der Waals surface area contributed by atoms with Crippen molar-refractivity contribution < 1.29 is 9.53 Å². The van der Waals surface area contributed by atoms with Crippen LogP contribution in [0.25, 0.3) is 0 Å². The first kappa shape index (κ1) is 20.8. The Morgan fingerprint density at radius 1 is 1.07 bits per heavy atom. The number of nitrogens with zero attached hydrogens (tertiary/aromatic N) is 2. The third kappa shape index (κ3) is 5.39. The normalized spacial score (nSPS) is 25.3. The molecule has 0 spiro atoms. The molecule has 0 aromatic heterocycles. The van der Waals surface area contributed by atoms with Crippen molar-refractivity contribution >= 4 is 5.91 Å². The maximum Gasteiger partial charge on any atom is 0.223 e. The van der Waals surface area contributed by atoms with Crippen molar-refractivity contribution in [1.29, 1.82) is 0 Å². The minimum Gasteiger partial charge on any atom is -0.381 e. The topological polar surface area (TPSA) is 44.8 Å². The van der Waals surface area contributed by atoms with Gasteiger partial charge in [-0.15, -0.1) is 0 Å². The highest BCUT2D eigenvalue weighted by Crippen LogP contribution is 2.29. The van der Waals surface area contributed by atoms with Gasteiger partial charge < -0.3 is 19.9 Å². The number of carbonyl (C=O) groups is 1. The summed E-state index contributed by atoms with van der Waals surface area (Å²) < 4.78 is 5.48. The summed E-state index contributed by atoms with van der Waals surface area (Å²) in [6.45, 7) is 10.1. The van der Waals surface area contributed by atoms with E-state index in [9.17, 15) is 4.79 Å². The zero-order valence-electron chi connectivity index (χ0n) is 17.9. The van der Waals surface area contributed by atoms with Gasteiger partial charge in [-0.2, -0.15) is 0 Å². The van der Waals surface area contributed by atoms with Crippen molar-refractivity contribution in [2.75, 3.05) is 52.5 Å². The fourth-order valence-electron chi connectivity index (χ4n) is 5.39. The van der Waals surface area contributed by atoms with E-state index in [1.165, 1.54) is 17.5 Å². The highest BCUT2D eigenvalue weighted by molar-refractivity contribution is 5.78. The van der Waals surface area contributed by atoms with Crippen LogP contribution in [0.15, 0.2) is 24.3 Å². The lowest BCUT2D eigenvalue weighted by atomic mass is 9.93. The molecular weight excluding hydrogens is 362 g/mol. The number of amides is 1. The molecule has 0 unspecified atom stereocenters. The maximum absolute atomic E-state index is 12.6. The van der Waals surface area contributed by atoms with Crippen LogP contribution in [0.2, 0.25) is 0 Å². The molecule has 0 radical (unpaired) electrons. The minimum absolute atomic E-state index is 0.199. The number of hydrogen-bond donors (Lipinski definition) is 1. The fourth-order valence-corrected chi connectivity index (χ4v) is 5.39. The van der Waals surface area contributed by atoms with Crippen LogP contribution in [0.3, 0.4) is 0 Å². The second kappa shape index (κ2) is 10.1. The molecule has 3 fully saturated rings. The molecule has 4 rings (SSSR count). The van der Waals surface area contributed by atoms with Gasteiger partial charge in [0.1, 0.15) is 0 Å². The number of hydrogen-bond acceptors (Lipinski definition) is 4. The van der Waals surface area contributed by atoms with E-state index in [1.54, 1.807) is 0 Å². The third-order valence-corrected chi connectivity index (χ3v) is 7.24. The molecule has 5 nitrogen and oxygen atoms in total. The molecule has 3 saturated heterocycles. The molecule has 3 aliphatic rings. The third-order valence-electron chi connectivity index (χ3n) is 7.24. The van der Waals surface area contributed by atoms with Crippen molar-refractivity contribution in [3.8, 4) is 0 Å². The van der Waals surface area contributed by atoms with Crippen LogP contribution in [0.5, 0.6) is 0 Å². The van der Waals surface area contributed by atoms with Gasteiger partial charge in [0.25, 0.3) is 0 Å².